The van der Waals surface area contributed by atoms with Crippen LogP contribution in [0.4, 0.5) is 18.9 Å². The molecule has 1 aliphatic carbocycles. The topological polar surface area (TPSA) is 53.9 Å². The zero-order valence-corrected chi connectivity index (χ0v) is 15.0. The van der Waals surface area contributed by atoms with Crippen molar-refractivity contribution in [1.29, 1.82) is 0 Å². The Morgan fingerprint density at radius 1 is 1.31 bits per heavy atom. The lowest BCUT2D eigenvalue weighted by molar-refractivity contribution is -0.138. The molecule has 8 heteroatoms. The van der Waals surface area contributed by atoms with Gasteiger partial charge in [-0.2, -0.15) is 13.2 Å². The Morgan fingerprint density at radius 2 is 2.00 bits per heavy atom. The number of halogens is 3. The first-order valence-corrected chi connectivity index (χ1v) is 8.74. The van der Waals surface area contributed by atoms with Gasteiger partial charge < -0.3 is 9.64 Å². The molecule has 0 saturated heterocycles. The first-order chi connectivity index (χ1) is 12.3. The summed E-state index contributed by atoms with van der Waals surface area (Å²) in [5, 5.41) is 4.06. The van der Waals surface area contributed by atoms with Crippen LogP contribution in [0.15, 0.2) is 29.4 Å². The summed E-state index contributed by atoms with van der Waals surface area (Å²) in [6.07, 6.45) is 0.762. The highest BCUT2D eigenvalue weighted by atomic mass is 19.4. The van der Waals surface area contributed by atoms with Crippen LogP contribution in [0, 0.1) is 0 Å². The number of esters is 1. The van der Waals surface area contributed by atoms with E-state index in [1.807, 2.05) is 0 Å². The van der Waals surface area contributed by atoms with Crippen LogP contribution in [0.5, 0.6) is 0 Å². The fourth-order valence-corrected chi connectivity index (χ4v) is 2.99. The number of rotatable bonds is 4. The van der Waals surface area contributed by atoms with Gasteiger partial charge in [0.25, 0.3) is 0 Å². The lowest BCUT2D eigenvalue weighted by Gasteiger charge is -2.32. The van der Waals surface area contributed by atoms with E-state index >= 15 is 0 Å². The Hall–Kier alpha value is -2.25. The molecule has 26 heavy (non-hydrogen) atoms. The molecule has 0 atom stereocenters. The van der Waals surface area contributed by atoms with Crippen LogP contribution in [-0.2, 0) is 15.7 Å². The third-order valence-corrected chi connectivity index (χ3v) is 4.40. The molecular formula is C18H24F3N3O2. The van der Waals surface area contributed by atoms with Gasteiger partial charge in [0.2, 0.25) is 5.84 Å². The summed E-state index contributed by atoms with van der Waals surface area (Å²) in [5.74, 6) is -0.531. The number of hydrogen-bond acceptors (Lipinski definition) is 4. The second-order valence-electron chi connectivity index (χ2n) is 6.25. The maximum absolute atomic E-state index is 12.8. The molecule has 0 radical (unpaired) electrons. The van der Waals surface area contributed by atoms with Crippen molar-refractivity contribution in [3.05, 3.63) is 29.8 Å². The third kappa shape index (κ3) is 5.37. The fourth-order valence-electron chi connectivity index (χ4n) is 2.99. The fraction of sp³-hybridized carbons (Fsp3) is 0.556. The largest absolute Gasteiger partial charge is 0.460 e. The van der Waals surface area contributed by atoms with Crippen LogP contribution in [0.2, 0.25) is 0 Å². The summed E-state index contributed by atoms with van der Waals surface area (Å²) in [7, 11) is 1.76. The summed E-state index contributed by atoms with van der Waals surface area (Å²) in [6, 6.07) is 4.84. The van der Waals surface area contributed by atoms with E-state index in [1.54, 1.807) is 18.9 Å². The predicted octanol–water partition coefficient (Wildman–Crippen LogP) is 4.26. The summed E-state index contributed by atoms with van der Waals surface area (Å²) in [4.78, 5) is 14.0. The Labute approximate surface area is 151 Å². The van der Waals surface area contributed by atoms with E-state index in [1.165, 1.54) is 18.6 Å². The molecule has 2 rings (SSSR count). The standard InChI is InChI=1S/C18H24F3N3O2/c1-3-26-17(25)16(24(2)15-10-5-4-6-11-15)23-22-14-9-7-8-13(12-14)18(19,20)21/h7-9,12,15,22H,3-6,10-11H2,1-2H3/b23-16+. The van der Waals surface area contributed by atoms with E-state index < -0.39 is 17.7 Å². The number of hydrazone groups is 1. The Morgan fingerprint density at radius 3 is 2.62 bits per heavy atom. The summed E-state index contributed by atoms with van der Waals surface area (Å²) >= 11 is 0. The minimum atomic E-state index is -4.44. The van der Waals surface area contributed by atoms with Crippen molar-refractivity contribution in [2.75, 3.05) is 19.1 Å². The van der Waals surface area contributed by atoms with Gasteiger partial charge in [0, 0.05) is 13.1 Å². The highest BCUT2D eigenvalue weighted by molar-refractivity contribution is 6.35. The molecule has 0 aromatic heterocycles. The van der Waals surface area contributed by atoms with Crippen molar-refractivity contribution >= 4 is 17.5 Å². The van der Waals surface area contributed by atoms with Gasteiger partial charge in [0.15, 0.2) is 0 Å². The van der Waals surface area contributed by atoms with Gasteiger partial charge in [-0.3, -0.25) is 5.43 Å². The van der Waals surface area contributed by atoms with Gasteiger partial charge in [0.05, 0.1) is 17.9 Å². The smallest absolute Gasteiger partial charge is 0.416 e. The molecule has 0 bridgehead atoms. The third-order valence-electron chi connectivity index (χ3n) is 4.40. The molecule has 1 aromatic carbocycles. The Bertz CT molecular complexity index is 641. The first kappa shape index (κ1) is 20.1. The minimum absolute atomic E-state index is 0.0659. The van der Waals surface area contributed by atoms with Crippen molar-refractivity contribution in [2.24, 2.45) is 5.10 Å². The number of amidine groups is 1. The molecule has 0 heterocycles. The summed E-state index contributed by atoms with van der Waals surface area (Å²) in [6.45, 7) is 1.89. The van der Waals surface area contributed by atoms with Crippen molar-refractivity contribution in [2.45, 2.75) is 51.2 Å². The molecule has 1 aromatic rings. The number of likely N-dealkylation sites (N-methyl/N-ethyl adjacent to an activating group) is 1. The zero-order valence-electron chi connectivity index (χ0n) is 15.0. The number of benzene rings is 1. The van der Waals surface area contributed by atoms with E-state index in [-0.39, 0.29) is 24.2 Å². The van der Waals surface area contributed by atoms with E-state index in [0.29, 0.717) is 0 Å². The summed E-state index contributed by atoms with van der Waals surface area (Å²) in [5.41, 5.74) is 1.93. The summed E-state index contributed by atoms with van der Waals surface area (Å²) < 4.78 is 43.5. The maximum atomic E-state index is 12.8. The minimum Gasteiger partial charge on any atom is -0.460 e. The Balaban J connectivity index is 2.20. The van der Waals surface area contributed by atoms with Gasteiger partial charge in [0.1, 0.15) is 0 Å². The SMILES string of the molecule is CCOC(=O)/C(=N\Nc1cccc(C(F)(F)F)c1)N(C)C1CCCCC1. The molecule has 1 saturated carbocycles. The number of anilines is 1. The number of nitrogens with zero attached hydrogens (tertiary/aromatic N) is 2. The van der Waals surface area contributed by atoms with Crippen LogP contribution in [0.3, 0.4) is 0 Å². The van der Waals surface area contributed by atoms with E-state index in [0.717, 1.165) is 37.8 Å². The monoisotopic (exact) mass is 371 g/mol. The highest BCUT2D eigenvalue weighted by Crippen LogP contribution is 2.30. The number of ether oxygens (including phenoxy) is 1. The normalized spacial score (nSPS) is 16.3. The molecule has 5 nitrogen and oxygen atoms in total. The van der Waals surface area contributed by atoms with Crippen LogP contribution in [-0.4, -0.2) is 36.4 Å². The molecule has 144 valence electrons. The molecular weight excluding hydrogens is 347 g/mol. The van der Waals surface area contributed by atoms with Crippen LogP contribution >= 0.6 is 0 Å². The van der Waals surface area contributed by atoms with Crippen molar-refractivity contribution < 1.29 is 22.7 Å². The molecule has 0 unspecified atom stereocenters. The average Bonchev–Trinajstić information content (AvgIpc) is 2.62. The van der Waals surface area contributed by atoms with Crippen molar-refractivity contribution in [3.63, 3.8) is 0 Å². The highest BCUT2D eigenvalue weighted by Gasteiger charge is 2.30. The van der Waals surface area contributed by atoms with E-state index in [4.69, 9.17) is 4.74 Å². The Kier molecular flexibility index (Phi) is 6.88. The number of carbonyl (C=O) groups excluding carboxylic acids is 1. The van der Waals surface area contributed by atoms with Crippen LogP contribution in [0.1, 0.15) is 44.6 Å². The molecule has 1 N–H and O–H groups in total. The van der Waals surface area contributed by atoms with Gasteiger partial charge >= 0.3 is 12.1 Å². The maximum Gasteiger partial charge on any atom is 0.416 e. The number of hydrogen-bond donors (Lipinski definition) is 1. The van der Waals surface area contributed by atoms with Gasteiger partial charge in [-0.1, -0.05) is 25.3 Å². The van der Waals surface area contributed by atoms with Crippen molar-refractivity contribution in [3.8, 4) is 0 Å². The molecule has 0 amide bonds. The molecule has 0 spiro atoms. The average molecular weight is 371 g/mol. The van der Waals surface area contributed by atoms with Crippen LogP contribution < -0.4 is 5.43 Å². The second kappa shape index (κ2) is 8.91. The number of nitrogens with one attached hydrogen (secondary N) is 1. The molecule has 0 aliphatic heterocycles. The predicted molar refractivity (Wildman–Crippen MR) is 93.8 cm³/mol. The van der Waals surface area contributed by atoms with Gasteiger partial charge in [-0.15, -0.1) is 5.10 Å². The van der Waals surface area contributed by atoms with Gasteiger partial charge in [-0.05, 0) is 38.0 Å². The van der Waals surface area contributed by atoms with Gasteiger partial charge in [-0.25, -0.2) is 4.79 Å². The molecule has 1 aliphatic rings. The number of alkyl halides is 3. The zero-order chi connectivity index (χ0) is 19.2. The quantitative estimate of drug-likeness (QED) is 0.372. The number of carbonyl (C=O) groups is 1. The second-order valence-corrected chi connectivity index (χ2v) is 6.25. The first-order valence-electron chi connectivity index (χ1n) is 8.74. The molecule has 1 fully saturated rings. The lowest BCUT2D eigenvalue weighted by Crippen LogP contribution is -2.43. The van der Waals surface area contributed by atoms with Crippen LogP contribution in [0.25, 0.3) is 0 Å². The lowest BCUT2D eigenvalue weighted by atomic mass is 9.94. The van der Waals surface area contributed by atoms with E-state index in [9.17, 15) is 18.0 Å². The van der Waals surface area contributed by atoms with Crippen molar-refractivity contribution in [1.82, 2.24) is 4.90 Å². The van der Waals surface area contributed by atoms with E-state index in [2.05, 4.69) is 10.5 Å².